The second kappa shape index (κ2) is 6.21. The first kappa shape index (κ1) is 17.0. The molecule has 130 valence electrons. The SMILES string of the molecule is CC(=O)O[Si](C)(OC(C)=O)c1ccc2c(c1)COC1(CCCC1)O2. The Bertz CT molecular complexity index is 649. The van der Waals surface area contributed by atoms with E-state index in [0.29, 0.717) is 11.8 Å². The van der Waals surface area contributed by atoms with Crippen LogP contribution in [0.4, 0.5) is 0 Å². The summed E-state index contributed by atoms with van der Waals surface area (Å²) in [5.74, 6) is -0.643. The third kappa shape index (κ3) is 3.32. The molecule has 1 aromatic rings. The van der Waals surface area contributed by atoms with Gasteiger partial charge in [-0.2, -0.15) is 0 Å². The first-order chi connectivity index (χ1) is 11.3. The van der Waals surface area contributed by atoms with Crippen LogP contribution in [0.2, 0.25) is 6.55 Å². The van der Waals surface area contributed by atoms with Gasteiger partial charge in [0.25, 0.3) is 11.9 Å². The van der Waals surface area contributed by atoms with Gasteiger partial charge >= 0.3 is 8.56 Å². The topological polar surface area (TPSA) is 71.1 Å². The highest BCUT2D eigenvalue weighted by molar-refractivity contribution is 6.82. The summed E-state index contributed by atoms with van der Waals surface area (Å²) in [7, 11) is -3.16. The van der Waals surface area contributed by atoms with E-state index in [0.717, 1.165) is 37.0 Å². The van der Waals surface area contributed by atoms with Crippen molar-refractivity contribution in [3.8, 4) is 5.75 Å². The van der Waals surface area contributed by atoms with Gasteiger partial charge in [-0.3, -0.25) is 9.59 Å². The number of benzene rings is 1. The van der Waals surface area contributed by atoms with Crippen molar-refractivity contribution in [3.05, 3.63) is 23.8 Å². The number of fused-ring (bicyclic) bond motifs is 1. The molecule has 2 aliphatic rings. The van der Waals surface area contributed by atoms with Gasteiger partial charge in [0.15, 0.2) is 0 Å². The normalized spacial score (nSPS) is 18.6. The smallest absolute Gasteiger partial charge is 0.482 e. The van der Waals surface area contributed by atoms with E-state index in [-0.39, 0.29) is 0 Å². The number of carbonyl (C=O) groups excluding carboxylic acids is 2. The lowest BCUT2D eigenvalue weighted by Crippen LogP contribution is -2.53. The number of hydrogen-bond acceptors (Lipinski definition) is 6. The summed E-state index contributed by atoms with van der Waals surface area (Å²) in [6.45, 7) is 4.74. The summed E-state index contributed by atoms with van der Waals surface area (Å²) in [6.07, 6.45) is 4.03. The summed E-state index contributed by atoms with van der Waals surface area (Å²) in [4.78, 5) is 22.9. The molecule has 1 aromatic carbocycles. The highest BCUT2D eigenvalue weighted by Crippen LogP contribution is 2.40. The van der Waals surface area contributed by atoms with Crippen molar-refractivity contribution in [2.45, 2.75) is 58.5 Å². The fourth-order valence-corrected chi connectivity index (χ4v) is 5.56. The standard InChI is InChI=1S/C17H22O6Si/c1-12(18)22-24(3,23-13(2)19)15-6-7-16-14(10-15)11-20-17(21-16)8-4-5-9-17/h6-7,10H,4-5,8-9,11H2,1-3H3. The number of ether oxygens (including phenoxy) is 2. The Morgan fingerprint density at radius 1 is 1.12 bits per heavy atom. The number of hydrogen-bond donors (Lipinski definition) is 0. The van der Waals surface area contributed by atoms with Crippen molar-refractivity contribution < 1.29 is 27.9 Å². The maximum Gasteiger partial charge on any atom is 0.496 e. The third-order valence-electron chi connectivity index (χ3n) is 4.41. The van der Waals surface area contributed by atoms with Gasteiger partial charge in [-0.15, -0.1) is 0 Å². The van der Waals surface area contributed by atoms with Gasteiger partial charge in [-0.25, -0.2) is 0 Å². The molecule has 24 heavy (non-hydrogen) atoms. The van der Waals surface area contributed by atoms with Crippen LogP contribution in [-0.4, -0.2) is 26.3 Å². The van der Waals surface area contributed by atoms with E-state index in [9.17, 15) is 9.59 Å². The summed E-state index contributed by atoms with van der Waals surface area (Å²) in [6, 6.07) is 5.52. The molecule has 0 radical (unpaired) electrons. The van der Waals surface area contributed by atoms with E-state index in [1.54, 1.807) is 6.55 Å². The Hall–Kier alpha value is -1.86. The van der Waals surface area contributed by atoms with E-state index in [1.807, 2.05) is 18.2 Å². The minimum Gasteiger partial charge on any atom is -0.482 e. The van der Waals surface area contributed by atoms with Crippen molar-refractivity contribution in [2.75, 3.05) is 0 Å². The molecule has 3 rings (SSSR count). The molecule has 1 saturated carbocycles. The van der Waals surface area contributed by atoms with Gasteiger partial charge in [0.05, 0.1) is 6.61 Å². The molecule has 1 aliphatic heterocycles. The van der Waals surface area contributed by atoms with Crippen molar-refractivity contribution >= 4 is 25.7 Å². The first-order valence-electron chi connectivity index (χ1n) is 8.17. The van der Waals surface area contributed by atoms with E-state index < -0.39 is 26.3 Å². The maximum atomic E-state index is 11.4. The van der Waals surface area contributed by atoms with E-state index in [4.69, 9.17) is 18.3 Å². The lowest BCUT2D eigenvalue weighted by molar-refractivity contribution is -0.200. The molecule has 0 amide bonds. The van der Waals surface area contributed by atoms with E-state index in [1.165, 1.54) is 13.8 Å². The van der Waals surface area contributed by atoms with Crippen LogP contribution in [-0.2, 0) is 29.8 Å². The van der Waals surface area contributed by atoms with Crippen molar-refractivity contribution in [2.24, 2.45) is 0 Å². The summed E-state index contributed by atoms with van der Waals surface area (Å²) < 4.78 is 22.8. The van der Waals surface area contributed by atoms with Crippen molar-refractivity contribution in [3.63, 3.8) is 0 Å². The summed E-state index contributed by atoms with van der Waals surface area (Å²) >= 11 is 0. The van der Waals surface area contributed by atoms with Crippen LogP contribution in [0.15, 0.2) is 18.2 Å². The predicted molar refractivity (Wildman–Crippen MR) is 87.8 cm³/mol. The zero-order chi connectivity index (χ0) is 17.4. The molecule has 1 aliphatic carbocycles. The largest absolute Gasteiger partial charge is 0.496 e. The summed E-state index contributed by atoms with van der Waals surface area (Å²) in [5.41, 5.74) is 0.878. The minimum absolute atomic E-state index is 0.438. The van der Waals surface area contributed by atoms with Crippen LogP contribution in [0.25, 0.3) is 0 Å². The van der Waals surface area contributed by atoms with E-state index >= 15 is 0 Å². The molecule has 6 nitrogen and oxygen atoms in total. The Balaban J connectivity index is 1.89. The lowest BCUT2D eigenvalue weighted by Gasteiger charge is -2.36. The first-order valence-corrected chi connectivity index (χ1v) is 10.5. The second-order valence-corrected chi connectivity index (χ2v) is 9.34. The van der Waals surface area contributed by atoms with Gasteiger partial charge in [-0.1, -0.05) is 6.07 Å². The van der Waals surface area contributed by atoms with Crippen molar-refractivity contribution in [1.82, 2.24) is 0 Å². The maximum absolute atomic E-state index is 11.4. The van der Waals surface area contributed by atoms with Gasteiger partial charge in [-0.05, 0) is 25.0 Å². The van der Waals surface area contributed by atoms with Gasteiger partial charge in [0.2, 0.25) is 5.79 Å². The average Bonchev–Trinajstić information content (AvgIpc) is 2.93. The molecule has 1 heterocycles. The van der Waals surface area contributed by atoms with Crippen molar-refractivity contribution in [1.29, 1.82) is 0 Å². The minimum atomic E-state index is -3.16. The average molecular weight is 350 g/mol. The second-order valence-electron chi connectivity index (χ2n) is 6.46. The zero-order valence-corrected chi connectivity index (χ0v) is 15.2. The van der Waals surface area contributed by atoms with Gasteiger partial charge in [0, 0.05) is 44.0 Å². The summed E-state index contributed by atoms with van der Waals surface area (Å²) in [5, 5.41) is 0.696. The van der Waals surface area contributed by atoms with Crippen LogP contribution >= 0.6 is 0 Å². The van der Waals surface area contributed by atoms with Crippen LogP contribution in [0.5, 0.6) is 5.75 Å². The lowest BCUT2D eigenvalue weighted by atomic mass is 10.1. The predicted octanol–water partition coefficient (Wildman–Crippen LogP) is 2.27. The highest BCUT2D eigenvalue weighted by atomic mass is 28.4. The molecular formula is C17H22O6Si. The Morgan fingerprint density at radius 2 is 1.75 bits per heavy atom. The Kier molecular flexibility index (Phi) is 4.40. The quantitative estimate of drug-likeness (QED) is 0.779. The van der Waals surface area contributed by atoms with Crippen LogP contribution in [0, 0.1) is 0 Å². The molecule has 0 N–H and O–H groups in total. The molecule has 0 atom stereocenters. The third-order valence-corrected chi connectivity index (χ3v) is 7.13. The highest BCUT2D eigenvalue weighted by Gasteiger charge is 2.44. The molecule has 1 spiro atoms. The molecule has 7 heteroatoms. The zero-order valence-electron chi connectivity index (χ0n) is 14.2. The molecular weight excluding hydrogens is 328 g/mol. The van der Waals surface area contributed by atoms with Crippen LogP contribution in [0.3, 0.4) is 0 Å². The molecule has 0 bridgehead atoms. The number of carbonyl (C=O) groups is 2. The number of rotatable bonds is 3. The Morgan fingerprint density at radius 3 is 2.33 bits per heavy atom. The van der Waals surface area contributed by atoms with Crippen LogP contribution < -0.4 is 9.92 Å². The van der Waals surface area contributed by atoms with Gasteiger partial charge < -0.3 is 18.3 Å². The van der Waals surface area contributed by atoms with E-state index in [2.05, 4.69) is 0 Å². The Labute approximate surface area is 142 Å². The molecule has 0 unspecified atom stereocenters. The molecule has 0 aromatic heterocycles. The molecule has 0 saturated heterocycles. The fraction of sp³-hybridized carbons (Fsp3) is 0.529. The fourth-order valence-electron chi connectivity index (χ4n) is 3.36. The molecule has 1 fully saturated rings. The van der Waals surface area contributed by atoms with Crippen LogP contribution in [0.1, 0.15) is 45.1 Å². The van der Waals surface area contributed by atoms with Gasteiger partial charge in [0.1, 0.15) is 5.75 Å². The monoisotopic (exact) mass is 350 g/mol.